The lowest BCUT2D eigenvalue weighted by Crippen LogP contribution is -2.37. The number of carbonyl (C=O) groups excluding carboxylic acids is 1. The number of carbonyl (C=O) groups is 1. The minimum atomic E-state index is -0.0984. The van der Waals surface area contributed by atoms with Crippen LogP contribution >= 0.6 is 0 Å². The maximum absolute atomic E-state index is 11.0. The Bertz CT molecular complexity index is 323. The van der Waals surface area contributed by atoms with Crippen LogP contribution in [-0.4, -0.2) is 17.7 Å². The van der Waals surface area contributed by atoms with Crippen molar-refractivity contribution in [1.29, 1.82) is 0 Å². The lowest BCUT2D eigenvalue weighted by atomic mass is 10.1. The molecular formula is C9H8N2O. The van der Waals surface area contributed by atoms with Crippen molar-refractivity contribution in [3.63, 3.8) is 0 Å². The number of hydrogen-bond acceptors (Lipinski definition) is 2. The first-order chi connectivity index (χ1) is 5.86. The number of hydrogen-bond donors (Lipinski definition) is 1. The Kier molecular flexibility index (Phi) is 1.63. The zero-order valence-corrected chi connectivity index (χ0v) is 6.40. The van der Waals surface area contributed by atoms with Crippen LogP contribution in [0.4, 0.5) is 0 Å². The van der Waals surface area contributed by atoms with Gasteiger partial charge in [-0.25, -0.2) is 0 Å². The lowest BCUT2D eigenvalue weighted by molar-refractivity contribution is -0.116. The first-order valence-electron chi connectivity index (χ1n) is 3.76. The standard InChI is InChI=1S/C9H8N2O/c12-9-5-6-10-7-3-1-2-4-8(7)11-9/h1-6,8H,(H,11,12). The van der Waals surface area contributed by atoms with Crippen LogP contribution in [0.2, 0.25) is 0 Å². The Labute approximate surface area is 70.2 Å². The van der Waals surface area contributed by atoms with E-state index in [-0.39, 0.29) is 11.9 Å². The quantitative estimate of drug-likeness (QED) is 0.553. The molecule has 60 valence electrons. The van der Waals surface area contributed by atoms with Gasteiger partial charge >= 0.3 is 0 Å². The number of nitrogens with zero attached hydrogens (tertiary/aromatic N) is 1. The van der Waals surface area contributed by atoms with Gasteiger partial charge in [-0.05, 0) is 6.08 Å². The summed E-state index contributed by atoms with van der Waals surface area (Å²) in [5.74, 6) is -0.0984. The molecule has 0 spiro atoms. The fourth-order valence-corrected chi connectivity index (χ4v) is 1.17. The van der Waals surface area contributed by atoms with Crippen LogP contribution in [-0.2, 0) is 4.79 Å². The predicted molar refractivity (Wildman–Crippen MR) is 46.8 cm³/mol. The second-order valence-electron chi connectivity index (χ2n) is 2.60. The van der Waals surface area contributed by atoms with Crippen molar-refractivity contribution in [2.45, 2.75) is 6.04 Å². The van der Waals surface area contributed by atoms with Gasteiger partial charge in [0, 0.05) is 12.3 Å². The predicted octanol–water partition coefficient (Wildman–Crippen LogP) is 0.565. The molecule has 1 N–H and O–H groups in total. The second kappa shape index (κ2) is 2.77. The van der Waals surface area contributed by atoms with Crippen LogP contribution in [0.5, 0.6) is 0 Å². The molecule has 1 aliphatic carbocycles. The van der Waals surface area contributed by atoms with E-state index < -0.39 is 0 Å². The highest BCUT2D eigenvalue weighted by atomic mass is 16.1. The highest BCUT2D eigenvalue weighted by Gasteiger charge is 2.15. The molecule has 0 fully saturated rings. The first-order valence-corrected chi connectivity index (χ1v) is 3.76. The van der Waals surface area contributed by atoms with E-state index in [0.717, 1.165) is 5.71 Å². The number of fused-ring (bicyclic) bond motifs is 1. The van der Waals surface area contributed by atoms with Crippen molar-refractivity contribution < 1.29 is 4.79 Å². The van der Waals surface area contributed by atoms with E-state index in [2.05, 4.69) is 10.3 Å². The van der Waals surface area contributed by atoms with Gasteiger partial charge in [0.1, 0.15) is 0 Å². The molecule has 0 aromatic rings. The van der Waals surface area contributed by atoms with Gasteiger partial charge in [-0.3, -0.25) is 9.79 Å². The Balaban J connectivity index is 2.31. The molecule has 0 aromatic heterocycles. The number of rotatable bonds is 0. The third-order valence-corrected chi connectivity index (χ3v) is 1.75. The average Bonchev–Trinajstić information content (AvgIpc) is 2.25. The summed E-state index contributed by atoms with van der Waals surface area (Å²) in [5, 5.41) is 2.79. The molecule has 2 aliphatic rings. The summed E-state index contributed by atoms with van der Waals surface area (Å²) in [7, 11) is 0. The highest BCUT2D eigenvalue weighted by Crippen LogP contribution is 2.04. The van der Waals surface area contributed by atoms with Crippen LogP contribution in [0.25, 0.3) is 0 Å². The molecule has 1 unspecified atom stereocenters. The third-order valence-electron chi connectivity index (χ3n) is 1.75. The molecule has 1 aliphatic heterocycles. The van der Waals surface area contributed by atoms with Gasteiger partial charge < -0.3 is 5.32 Å². The van der Waals surface area contributed by atoms with Crippen molar-refractivity contribution in [3.05, 3.63) is 36.6 Å². The van der Waals surface area contributed by atoms with Crippen molar-refractivity contribution in [2.24, 2.45) is 4.99 Å². The van der Waals surface area contributed by atoms with E-state index >= 15 is 0 Å². The van der Waals surface area contributed by atoms with E-state index in [4.69, 9.17) is 0 Å². The lowest BCUT2D eigenvalue weighted by Gasteiger charge is -2.13. The SMILES string of the molecule is O=C1C=CN=C2C=CC=CC2N1. The molecule has 0 radical (unpaired) electrons. The van der Waals surface area contributed by atoms with E-state index in [1.165, 1.54) is 12.3 Å². The highest BCUT2D eigenvalue weighted by molar-refractivity contribution is 6.06. The number of allylic oxidation sites excluding steroid dienone is 2. The topological polar surface area (TPSA) is 41.5 Å². The Hall–Kier alpha value is -1.64. The Morgan fingerprint density at radius 3 is 3.17 bits per heavy atom. The molecule has 1 heterocycles. The fourth-order valence-electron chi connectivity index (χ4n) is 1.17. The van der Waals surface area contributed by atoms with Crippen LogP contribution in [0.1, 0.15) is 0 Å². The van der Waals surface area contributed by atoms with Crippen LogP contribution in [0, 0.1) is 0 Å². The molecule has 0 saturated carbocycles. The summed E-state index contributed by atoms with van der Waals surface area (Å²) >= 11 is 0. The largest absolute Gasteiger partial charge is 0.341 e. The van der Waals surface area contributed by atoms with Gasteiger partial charge in [0.25, 0.3) is 0 Å². The molecule has 12 heavy (non-hydrogen) atoms. The van der Waals surface area contributed by atoms with Crippen molar-refractivity contribution in [1.82, 2.24) is 5.32 Å². The summed E-state index contributed by atoms with van der Waals surface area (Å²) < 4.78 is 0. The molecule has 1 amide bonds. The third kappa shape index (κ3) is 1.21. The van der Waals surface area contributed by atoms with E-state index in [1.54, 1.807) is 0 Å². The van der Waals surface area contributed by atoms with Crippen LogP contribution in [0.15, 0.2) is 41.6 Å². The second-order valence-corrected chi connectivity index (χ2v) is 2.60. The summed E-state index contributed by atoms with van der Waals surface area (Å²) in [6.07, 6.45) is 10.5. The molecule has 0 aromatic carbocycles. The normalized spacial score (nSPS) is 25.8. The van der Waals surface area contributed by atoms with Gasteiger partial charge in [-0.2, -0.15) is 0 Å². The molecule has 0 saturated heterocycles. The van der Waals surface area contributed by atoms with Crippen molar-refractivity contribution >= 4 is 11.6 Å². The molecule has 1 atom stereocenters. The summed E-state index contributed by atoms with van der Waals surface area (Å²) in [5.41, 5.74) is 0.875. The fraction of sp³-hybridized carbons (Fsp3) is 0.111. The number of nitrogens with one attached hydrogen (secondary N) is 1. The Morgan fingerprint density at radius 1 is 1.33 bits per heavy atom. The van der Waals surface area contributed by atoms with E-state index in [1.807, 2.05) is 24.3 Å². The Morgan fingerprint density at radius 2 is 2.25 bits per heavy atom. The summed E-state index contributed by atoms with van der Waals surface area (Å²) in [4.78, 5) is 15.1. The molecule has 0 bridgehead atoms. The van der Waals surface area contributed by atoms with Gasteiger partial charge in [-0.15, -0.1) is 0 Å². The van der Waals surface area contributed by atoms with Gasteiger partial charge in [0.2, 0.25) is 5.91 Å². The number of amides is 1. The van der Waals surface area contributed by atoms with Crippen molar-refractivity contribution in [2.75, 3.05) is 0 Å². The maximum Gasteiger partial charge on any atom is 0.246 e. The summed E-state index contributed by atoms with van der Waals surface area (Å²) in [6, 6.07) is -0.0579. The summed E-state index contributed by atoms with van der Waals surface area (Å²) in [6.45, 7) is 0. The maximum atomic E-state index is 11.0. The molecular weight excluding hydrogens is 152 g/mol. The van der Waals surface area contributed by atoms with E-state index in [9.17, 15) is 4.79 Å². The zero-order chi connectivity index (χ0) is 8.39. The van der Waals surface area contributed by atoms with Gasteiger partial charge in [0.05, 0.1) is 11.8 Å². The first kappa shape index (κ1) is 7.03. The van der Waals surface area contributed by atoms with Crippen LogP contribution < -0.4 is 5.32 Å². The van der Waals surface area contributed by atoms with Gasteiger partial charge in [0.15, 0.2) is 0 Å². The molecule has 3 heteroatoms. The monoisotopic (exact) mass is 160 g/mol. The average molecular weight is 160 g/mol. The number of aliphatic imine (C=N–C) groups is 1. The zero-order valence-electron chi connectivity index (χ0n) is 6.40. The minimum Gasteiger partial charge on any atom is -0.341 e. The van der Waals surface area contributed by atoms with E-state index in [0.29, 0.717) is 0 Å². The molecule has 3 nitrogen and oxygen atoms in total. The smallest absolute Gasteiger partial charge is 0.246 e. The molecule has 2 rings (SSSR count). The van der Waals surface area contributed by atoms with Crippen molar-refractivity contribution in [3.8, 4) is 0 Å². The minimum absolute atomic E-state index is 0.0579. The van der Waals surface area contributed by atoms with Gasteiger partial charge in [-0.1, -0.05) is 18.2 Å². The van der Waals surface area contributed by atoms with Crippen LogP contribution in [0.3, 0.4) is 0 Å².